The fourth-order valence-corrected chi connectivity index (χ4v) is 2.00. The van der Waals surface area contributed by atoms with E-state index in [0.29, 0.717) is 5.69 Å². The maximum Gasteiger partial charge on any atom is 0.271 e. The van der Waals surface area contributed by atoms with Crippen molar-refractivity contribution >= 4 is 34.4 Å². The molecule has 2 aromatic carbocycles. The largest absolute Gasteiger partial charge is 0.399 e. The molecule has 0 aromatic heterocycles. The number of rotatable bonds is 4. The van der Waals surface area contributed by atoms with E-state index >= 15 is 0 Å². The molecular weight excluding hydrogens is 316 g/mol. The highest BCUT2D eigenvalue weighted by atomic mass is 35.5. The Morgan fingerprint density at radius 3 is 2.26 bits per heavy atom. The lowest BCUT2D eigenvalue weighted by molar-refractivity contribution is -0.384. The van der Waals surface area contributed by atoms with Gasteiger partial charge < -0.3 is 16.4 Å². The van der Waals surface area contributed by atoms with Gasteiger partial charge in [-0.25, -0.2) is 0 Å². The lowest BCUT2D eigenvalue weighted by atomic mass is 10.2. The first kappa shape index (κ1) is 18.6. The van der Waals surface area contributed by atoms with Crippen molar-refractivity contribution in [1.29, 1.82) is 0 Å². The van der Waals surface area contributed by atoms with E-state index in [0.717, 1.165) is 12.2 Å². The summed E-state index contributed by atoms with van der Waals surface area (Å²) in [5, 5.41) is 10.4. The molecule has 0 amide bonds. The van der Waals surface area contributed by atoms with Gasteiger partial charge in [0, 0.05) is 37.1 Å². The van der Waals surface area contributed by atoms with Crippen molar-refractivity contribution in [3.8, 4) is 0 Å². The Hall–Kier alpha value is -2.47. The Balaban J connectivity index is 0.000000231. The first-order chi connectivity index (χ1) is 10.8. The molecule has 0 aliphatic heterocycles. The van der Waals surface area contributed by atoms with E-state index in [1.165, 1.54) is 30.3 Å². The molecule has 0 bridgehead atoms. The zero-order valence-electron chi connectivity index (χ0n) is 13.2. The molecule has 4 N–H and O–H groups in total. The van der Waals surface area contributed by atoms with E-state index in [2.05, 4.69) is 18.9 Å². The van der Waals surface area contributed by atoms with Crippen LogP contribution in [0, 0.1) is 10.1 Å². The topological polar surface area (TPSA) is 98.4 Å². The van der Waals surface area contributed by atoms with Crippen LogP contribution in [0.25, 0.3) is 0 Å². The minimum atomic E-state index is -0.522. The van der Waals surface area contributed by atoms with Crippen LogP contribution in [-0.2, 0) is 0 Å². The van der Waals surface area contributed by atoms with E-state index < -0.39 is 4.92 Å². The fraction of sp³-hybridized carbons (Fsp3) is 0.250. The van der Waals surface area contributed by atoms with Crippen molar-refractivity contribution in [2.75, 3.05) is 30.0 Å². The van der Waals surface area contributed by atoms with Crippen molar-refractivity contribution in [2.24, 2.45) is 0 Å². The quantitative estimate of drug-likeness (QED) is 0.500. The van der Waals surface area contributed by atoms with Crippen LogP contribution in [-0.4, -0.2) is 18.5 Å². The zero-order valence-corrected chi connectivity index (χ0v) is 14.0. The summed E-state index contributed by atoms with van der Waals surface area (Å²) in [5.74, 6) is 0. The predicted molar refractivity (Wildman–Crippen MR) is 96.9 cm³/mol. The second-order valence-corrected chi connectivity index (χ2v) is 5.38. The van der Waals surface area contributed by atoms with Gasteiger partial charge in [-0.05, 0) is 36.8 Å². The average molecular weight is 337 g/mol. The number of hydrogen-bond donors (Lipinski definition) is 2. The minimum Gasteiger partial charge on any atom is -0.399 e. The molecule has 23 heavy (non-hydrogen) atoms. The molecule has 0 saturated heterocycles. The number of nitrogens with two attached hydrogens (primary N) is 2. The highest BCUT2D eigenvalue weighted by Crippen LogP contribution is 2.23. The Labute approximate surface area is 140 Å². The van der Waals surface area contributed by atoms with Crippen LogP contribution < -0.4 is 16.4 Å². The molecule has 0 radical (unpaired) electrons. The summed E-state index contributed by atoms with van der Waals surface area (Å²) in [7, 11) is 2.09. The summed E-state index contributed by atoms with van der Waals surface area (Å²) in [6.07, 6.45) is 1.17. The van der Waals surface area contributed by atoms with Gasteiger partial charge in [0.1, 0.15) is 0 Å². The number of nitro benzene ring substituents is 1. The molecule has 2 rings (SSSR count). The first-order valence-corrected chi connectivity index (χ1v) is 7.49. The molecule has 7 heteroatoms. The van der Waals surface area contributed by atoms with Crippen molar-refractivity contribution in [1.82, 2.24) is 0 Å². The number of anilines is 3. The minimum absolute atomic E-state index is 0.0517. The Kier molecular flexibility index (Phi) is 7.15. The SMILES string of the molecule is CCCN(C)c1ccc(N)cc1.Nc1ccc([N+](=O)[O-])cc1Cl. The van der Waals surface area contributed by atoms with Gasteiger partial charge in [-0.2, -0.15) is 0 Å². The van der Waals surface area contributed by atoms with Crippen molar-refractivity contribution in [3.05, 3.63) is 57.6 Å². The van der Waals surface area contributed by atoms with Crippen molar-refractivity contribution < 1.29 is 4.92 Å². The molecule has 0 spiro atoms. The van der Waals surface area contributed by atoms with Gasteiger partial charge >= 0.3 is 0 Å². The molecule has 0 fully saturated rings. The third-order valence-corrected chi connectivity index (χ3v) is 3.42. The van der Waals surface area contributed by atoms with Crippen LogP contribution in [0.4, 0.5) is 22.7 Å². The third kappa shape index (κ3) is 6.04. The maximum absolute atomic E-state index is 10.2. The van der Waals surface area contributed by atoms with Gasteiger partial charge in [0.05, 0.1) is 15.6 Å². The number of halogens is 1. The predicted octanol–water partition coefficient (Wildman–Crippen LogP) is 3.95. The summed E-state index contributed by atoms with van der Waals surface area (Å²) in [5.41, 5.74) is 13.3. The average Bonchev–Trinajstić information content (AvgIpc) is 2.51. The summed E-state index contributed by atoms with van der Waals surface area (Å²) in [6, 6.07) is 11.9. The van der Waals surface area contributed by atoms with Crippen LogP contribution in [0.1, 0.15) is 13.3 Å². The fourth-order valence-electron chi connectivity index (χ4n) is 1.82. The van der Waals surface area contributed by atoms with Crippen LogP contribution >= 0.6 is 11.6 Å². The summed E-state index contributed by atoms with van der Waals surface area (Å²) in [4.78, 5) is 11.9. The van der Waals surface area contributed by atoms with Gasteiger partial charge in [0.25, 0.3) is 5.69 Å². The number of nitro groups is 1. The molecule has 6 nitrogen and oxygen atoms in total. The maximum atomic E-state index is 10.2. The molecule has 0 aliphatic carbocycles. The van der Waals surface area contributed by atoms with Crippen molar-refractivity contribution in [3.63, 3.8) is 0 Å². The van der Waals surface area contributed by atoms with E-state index in [1.54, 1.807) is 0 Å². The molecule has 0 heterocycles. The molecule has 0 aliphatic rings. The Morgan fingerprint density at radius 2 is 1.78 bits per heavy atom. The van der Waals surface area contributed by atoms with E-state index in [4.69, 9.17) is 23.1 Å². The van der Waals surface area contributed by atoms with Gasteiger partial charge in [0.2, 0.25) is 0 Å². The smallest absolute Gasteiger partial charge is 0.271 e. The van der Waals surface area contributed by atoms with Gasteiger partial charge in [-0.1, -0.05) is 18.5 Å². The van der Waals surface area contributed by atoms with Gasteiger partial charge in [-0.3, -0.25) is 10.1 Å². The van der Waals surface area contributed by atoms with E-state index in [9.17, 15) is 10.1 Å². The van der Waals surface area contributed by atoms with Gasteiger partial charge in [0.15, 0.2) is 0 Å². The lowest BCUT2D eigenvalue weighted by Gasteiger charge is -2.17. The van der Waals surface area contributed by atoms with E-state index in [1.807, 2.05) is 24.3 Å². The third-order valence-electron chi connectivity index (χ3n) is 3.09. The molecule has 0 atom stereocenters. The molecule has 0 unspecified atom stereocenters. The highest BCUT2D eigenvalue weighted by Gasteiger charge is 2.06. The number of nitrogen functional groups attached to an aromatic ring is 2. The molecular formula is C16H21ClN4O2. The van der Waals surface area contributed by atoms with Gasteiger partial charge in [-0.15, -0.1) is 0 Å². The number of nitrogens with zero attached hydrogens (tertiary/aromatic N) is 2. The normalized spacial score (nSPS) is 9.70. The first-order valence-electron chi connectivity index (χ1n) is 7.11. The van der Waals surface area contributed by atoms with Crippen LogP contribution in [0.2, 0.25) is 5.02 Å². The zero-order chi connectivity index (χ0) is 17.4. The highest BCUT2D eigenvalue weighted by molar-refractivity contribution is 6.33. The Bertz CT molecular complexity index is 647. The molecule has 0 saturated carbocycles. The molecule has 2 aromatic rings. The second-order valence-electron chi connectivity index (χ2n) is 4.98. The van der Waals surface area contributed by atoms with E-state index in [-0.39, 0.29) is 10.7 Å². The van der Waals surface area contributed by atoms with Crippen LogP contribution in [0.5, 0.6) is 0 Å². The lowest BCUT2D eigenvalue weighted by Crippen LogP contribution is -2.17. The molecule has 124 valence electrons. The number of benzene rings is 2. The Morgan fingerprint density at radius 1 is 1.17 bits per heavy atom. The number of non-ortho nitro benzene ring substituents is 1. The standard InChI is InChI=1S/C10H16N2.C6H5ClN2O2/c1-3-8-12(2)10-6-4-9(11)5-7-10;7-5-3-4(9(10)11)1-2-6(5)8/h4-7H,3,8,11H2,1-2H3;1-3H,8H2. The number of hydrogen-bond acceptors (Lipinski definition) is 5. The second kappa shape index (κ2) is 8.85. The van der Waals surface area contributed by atoms with Crippen LogP contribution in [0.3, 0.4) is 0 Å². The van der Waals surface area contributed by atoms with Crippen molar-refractivity contribution in [2.45, 2.75) is 13.3 Å². The van der Waals surface area contributed by atoms with Crippen LogP contribution in [0.15, 0.2) is 42.5 Å². The summed E-state index contributed by atoms with van der Waals surface area (Å²) in [6.45, 7) is 3.26. The monoisotopic (exact) mass is 336 g/mol. The summed E-state index contributed by atoms with van der Waals surface area (Å²) >= 11 is 5.53. The summed E-state index contributed by atoms with van der Waals surface area (Å²) < 4.78 is 0.